The minimum atomic E-state index is -0.501. The Labute approximate surface area is 162 Å². The van der Waals surface area contributed by atoms with Crippen LogP contribution in [-0.2, 0) is 9.47 Å². The predicted molar refractivity (Wildman–Crippen MR) is 112 cm³/mol. The van der Waals surface area contributed by atoms with Crippen LogP contribution in [-0.4, -0.2) is 19.4 Å². The van der Waals surface area contributed by atoms with E-state index in [1.807, 2.05) is 12.2 Å². The van der Waals surface area contributed by atoms with Crippen LogP contribution in [0.5, 0.6) is 0 Å². The molecule has 0 radical (unpaired) electrons. The number of carbonyl (C=O) groups excluding carboxylic acids is 1. The maximum Gasteiger partial charge on any atom is 0.508 e. The van der Waals surface area contributed by atoms with E-state index in [0.717, 1.165) is 38.5 Å². The molecular weight excluding hydrogens is 324 g/mol. The molecule has 0 aromatic heterocycles. The van der Waals surface area contributed by atoms with Crippen molar-refractivity contribution in [2.45, 2.75) is 103 Å². The third-order valence-corrected chi connectivity index (χ3v) is 4.54. The van der Waals surface area contributed by atoms with E-state index in [0.29, 0.717) is 13.2 Å². The van der Waals surface area contributed by atoms with Crippen LogP contribution < -0.4 is 0 Å². The maximum atomic E-state index is 11.5. The second-order valence-electron chi connectivity index (χ2n) is 7.05. The molecule has 0 aliphatic carbocycles. The van der Waals surface area contributed by atoms with Gasteiger partial charge in [-0.2, -0.15) is 0 Å². The van der Waals surface area contributed by atoms with Gasteiger partial charge in [0.05, 0.1) is 13.2 Å². The third kappa shape index (κ3) is 20.8. The first-order valence-electron chi connectivity index (χ1n) is 10.8. The minimum Gasteiger partial charge on any atom is -0.434 e. The molecule has 0 bridgehead atoms. The highest BCUT2D eigenvalue weighted by atomic mass is 16.7. The zero-order chi connectivity index (χ0) is 19.1. The number of hydrogen-bond acceptors (Lipinski definition) is 3. The summed E-state index contributed by atoms with van der Waals surface area (Å²) < 4.78 is 10.2. The van der Waals surface area contributed by atoms with E-state index in [9.17, 15) is 4.79 Å². The number of carbonyl (C=O) groups is 1. The van der Waals surface area contributed by atoms with Crippen molar-refractivity contribution in [3.63, 3.8) is 0 Å². The molecule has 0 aromatic carbocycles. The van der Waals surface area contributed by atoms with E-state index >= 15 is 0 Å². The van der Waals surface area contributed by atoms with Crippen LogP contribution >= 0.6 is 0 Å². The van der Waals surface area contributed by atoms with E-state index in [-0.39, 0.29) is 0 Å². The molecule has 152 valence electrons. The SMILES string of the molecule is C=CCCCCCCCCCOC(=O)OCCCCCCCCCC=C. The van der Waals surface area contributed by atoms with Gasteiger partial charge in [-0.1, -0.05) is 76.4 Å². The molecule has 0 saturated carbocycles. The van der Waals surface area contributed by atoms with Crippen LogP contribution in [0.3, 0.4) is 0 Å². The quantitative estimate of drug-likeness (QED) is 0.125. The Hall–Kier alpha value is -1.25. The van der Waals surface area contributed by atoms with E-state index in [1.165, 1.54) is 64.2 Å². The second-order valence-corrected chi connectivity index (χ2v) is 7.05. The lowest BCUT2D eigenvalue weighted by atomic mass is 10.1. The van der Waals surface area contributed by atoms with Crippen LogP contribution in [0.25, 0.3) is 0 Å². The number of hydrogen-bond donors (Lipinski definition) is 0. The molecular formula is C23H42O3. The largest absolute Gasteiger partial charge is 0.508 e. The molecule has 3 nitrogen and oxygen atoms in total. The van der Waals surface area contributed by atoms with Gasteiger partial charge in [0.25, 0.3) is 0 Å². The number of rotatable bonds is 20. The van der Waals surface area contributed by atoms with Gasteiger partial charge in [0.15, 0.2) is 0 Å². The van der Waals surface area contributed by atoms with E-state index < -0.39 is 6.16 Å². The Morgan fingerprint density at radius 3 is 1.19 bits per heavy atom. The summed E-state index contributed by atoms with van der Waals surface area (Å²) in [5.41, 5.74) is 0. The van der Waals surface area contributed by atoms with Crippen molar-refractivity contribution >= 4 is 6.16 Å². The fourth-order valence-electron chi connectivity index (χ4n) is 2.90. The van der Waals surface area contributed by atoms with Gasteiger partial charge in [-0.25, -0.2) is 4.79 Å². The predicted octanol–water partition coefficient (Wildman–Crippen LogP) is 7.75. The Morgan fingerprint density at radius 2 is 0.846 bits per heavy atom. The van der Waals surface area contributed by atoms with Crippen molar-refractivity contribution in [1.29, 1.82) is 0 Å². The van der Waals surface area contributed by atoms with Gasteiger partial charge < -0.3 is 9.47 Å². The van der Waals surface area contributed by atoms with Gasteiger partial charge in [0.2, 0.25) is 0 Å². The van der Waals surface area contributed by atoms with Gasteiger partial charge in [0, 0.05) is 0 Å². The summed E-state index contributed by atoms with van der Waals surface area (Å²) >= 11 is 0. The molecule has 0 spiro atoms. The molecule has 0 aliphatic rings. The van der Waals surface area contributed by atoms with Crippen molar-refractivity contribution in [3.8, 4) is 0 Å². The fourth-order valence-corrected chi connectivity index (χ4v) is 2.90. The van der Waals surface area contributed by atoms with Crippen LogP contribution in [0.1, 0.15) is 103 Å². The zero-order valence-electron chi connectivity index (χ0n) is 17.0. The number of unbranched alkanes of at least 4 members (excludes halogenated alkanes) is 14. The topological polar surface area (TPSA) is 35.5 Å². The molecule has 0 aliphatic heterocycles. The summed E-state index contributed by atoms with van der Waals surface area (Å²) in [5, 5.41) is 0. The molecule has 26 heavy (non-hydrogen) atoms. The highest BCUT2D eigenvalue weighted by Gasteiger charge is 2.03. The van der Waals surface area contributed by atoms with Crippen LogP contribution in [0, 0.1) is 0 Å². The first kappa shape index (κ1) is 24.8. The summed E-state index contributed by atoms with van der Waals surface area (Å²) in [6, 6.07) is 0. The van der Waals surface area contributed by atoms with Crippen molar-refractivity contribution < 1.29 is 14.3 Å². The van der Waals surface area contributed by atoms with Crippen molar-refractivity contribution in [2.75, 3.05) is 13.2 Å². The van der Waals surface area contributed by atoms with Gasteiger partial charge in [-0.15, -0.1) is 13.2 Å². The Balaban J connectivity index is 3.15. The Morgan fingerprint density at radius 1 is 0.538 bits per heavy atom. The third-order valence-electron chi connectivity index (χ3n) is 4.54. The van der Waals surface area contributed by atoms with Crippen LogP contribution in [0.15, 0.2) is 25.3 Å². The first-order chi connectivity index (χ1) is 12.8. The average molecular weight is 367 g/mol. The minimum absolute atomic E-state index is 0.486. The highest BCUT2D eigenvalue weighted by molar-refractivity contribution is 5.59. The summed E-state index contributed by atoms with van der Waals surface area (Å²) in [7, 11) is 0. The normalized spacial score (nSPS) is 10.5. The lowest BCUT2D eigenvalue weighted by Gasteiger charge is -2.06. The Bertz CT molecular complexity index is 295. The van der Waals surface area contributed by atoms with Gasteiger partial charge in [-0.05, 0) is 38.5 Å². The second kappa shape index (κ2) is 21.8. The molecule has 0 atom stereocenters. The summed E-state index contributed by atoms with van der Waals surface area (Å²) in [5.74, 6) is 0. The molecule has 3 heteroatoms. The smallest absolute Gasteiger partial charge is 0.434 e. The number of ether oxygens (including phenoxy) is 2. The molecule has 0 N–H and O–H groups in total. The van der Waals surface area contributed by atoms with Crippen LogP contribution in [0.4, 0.5) is 4.79 Å². The Kier molecular flexibility index (Phi) is 20.7. The molecule has 0 aromatic rings. The monoisotopic (exact) mass is 366 g/mol. The van der Waals surface area contributed by atoms with Crippen molar-refractivity contribution in [2.24, 2.45) is 0 Å². The van der Waals surface area contributed by atoms with E-state index in [4.69, 9.17) is 9.47 Å². The van der Waals surface area contributed by atoms with Crippen molar-refractivity contribution in [1.82, 2.24) is 0 Å². The van der Waals surface area contributed by atoms with Gasteiger partial charge >= 0.3 is 6.16 Å². The summed E-state index contributed by atoms with van der Waals surface area (Å²) in [4.78, 5) is 11.5. The number of allylic oxidation sites excluding steroid dienone is 2. The van der Waals surface area contributed by atoms with Crippen molar-refractivity contribution in [3.05, 3.63) is 25.3 Å². The van der Waals surface area contributed by atoms with Crippen LogP contribution in [0.2, 0.25) is 0 Å². The van der Waals surface area contributed by atoms with Gasteiger partial charge in [0.1, 0.15) is 0 Å². The van der Waals surface area contributed by atoms with Gasteiger partial charge in [-0.3, -0.25) is 0 Å². The summed E-state index contributed by atoms with van der Waals surface area (Å²) in [6.45, 7) is 8.44. The maximum absolute atomic E-state index is 11.5. The molecule has 0 unspecified atom stereocenters. The molecule has 0 saturated heterocycles. The lowest BCUT2D eigenvalue weighted by Crippen LogP contribution is -2.09. The molecule has 0 amide bonds. The highest BCUT2D eigenvalue weighted by Crippen LogP contribution is 2.10. The lowest BCUT2D eigenvalue weighted by molar-refractivity contribution is 0.0529. The molecule has 0 fully saturated rings. The first-order valence-corrected chi connectivity index (χ1v) is 10.8. The molecule has 0 rings (SSSR count). The van der Waals surface area contributed by atoms with E-state index in [2.05, 4.69) is 13.2 Å². The fraction of sp³-hybridized carbons (Fsp3) is 0.783. The zero-order valence-corrected chi connectivity index (χ0v) is 17.0. The standard InChI is InChI=1S/C23H42O3/c1-3-5-7-9-11-13-15-17-19-21-25-23(24)26-22-20-18-16-14-12-10-8-6-4-2/h3-4H,1-2,5-22H2. The van der Waals surface area contributed by atoms with E-state index in [1.54, 1.807) is 0 Å². The molecule has 0 heterocycles. The summed E-state index contributed by atoms with van der Waals surface area (Å²) in [6.07, 6.45) is 22.6. The average Bonchev–Trinajstić information content (AvgIpc) is 2.64.